The summed E-state index contributed by atoms with van der Waals surface area (Å²) in [6.45, 7) is 0.782. The third-order valence-corrected chi connectivity index (χ3v) is 3.88. The van der Waals surface area contributed by atoms with Crippen molar-refractivity contribution in [2.45, 2.75) is 44.6 Å². The van der Waals surface area contributed by atoms with E-state index in [4.69, 9.17) is 10.5 Å². The lowest BCUT2D eigenvalue weighted by atomic mass is 9.96. The van der Waals surface area contributed by atoms with Crippen LogP contribution < -0.4 is 10.5 Å². The fourth-order valence-corrected chi connectivity index (χ4v) is 2.46. The summed E-state index contributed by atoms with van der Waals surface area (Å²) in [6, 6.07) is 6.42. The Labute approximate surface area is 112 Å². The van der Waals surface area contributed by atoms with Gasteiger partial charge in [-0.15, -0.1) is 0 Å². The van der Waals surface area contributed by atoms with Gasteiger partial charge in [-0.1, -0.05) is 6.07 Å². The molecule has 0 saturated heterocycles. The largest absolute Gasteiger partial charge is 0.489 e. The molecule has 0 atom stereocenters. The van der Waals surface area contributed by atoms with Crippen LogP contribution in [0.4, 0.5) is 0 Å². The van der Waals surface area contributed by atoms with Crippen molar-refractivity contribution < 1.29 is 4.74 Å². The average Bonchev–Trinajstić information content (AvgIpc) is 2.26. The highest BCUT2D eigenvalue weighted by atomic mass is 79.9. The molecule has 2 rings (SSSR count). The van der Waals surface area contributed by atoms with Crippen LogP contribution >= 0.6 is 15.9 Å². The van der Waals surface area contributed by atoms with Crippen LogP contribution in [0.1, 0.15) is 37.7 Å². The number of hydrogen-bond acceptors (Lipinski definition) is 2. The lowest BCUT2D eigenvalue weighted by Crippen LogP contribution is -2.24. The summed E-state index contributed by atoms with van der Waals surface area (Å²) in [4.78, 5) is 0. The van der Waals surface area contributed by atoms with E-state index in [0.29, 0.717) is 6.10 Å². The van der Waals surface area contributed by atoms with E-state index in [0.717, 1.165) is 36.0 Å². The molecule has 0 aliphatic heterocycles. The first kappa shape index (κ1) is 12.9. The first-order chi connectivity index (χ1) is 8.29. The zero-order chi connectivity index (χ0) is 12.1. The molecule has 1 aliphatic carbocycles. The van der Waals surface area contributed by atoms with Crippen LogP contribution in [0.2, 0.25) is 0 Å². The van der Waals surface area contributed by atoms with E-state index in [9.17, 15) is 0 Å². The molecule has 1 aliphatic rings. The van der Waals surface area contributed by atoms with Gasteiger partial charge in [0, 0.05) is 0 Å². The maximum absolute atomic E-state index is 5.89. The molecular formula is C14H20BrNO. The Hall–Kier alpha value is -0.540. The minimum Gasteiger partial charge on any atom is -0.489 e. The van der Waals surface area contributed by atoms with Crippen LogP contribution in [0.3, 0.4) is 0 Å². The van der Waals surface area contributed by atoms with Crippen LogP contribution in [0.15, 0.2) is 22.7 Å². The van der Waals surface area contributed by atoms with Gasteiger partial charge >= 0.3 is 0 Å². The molecule has 0 spiro atoms. The Balaban J connectivity index is 1.90. The molecule has 1 saturated carbocycles. The summed E-state index contributed by atoms with van der Waals surface area (Å²) in [6.07, 6.45) is 7.49. The van der Waals surface area contributed by atoms with Crippen molar-refractivity contribution >= 4 is 15.9 Å². The van der Waals surface area contributed by atoms with Gasteiger partial charge in [0.25, 0.3) is 0 Å². The van der Waals surface area contributed by atoms with Gasteiger partial charge in [-0.3, -0.25) is 0 Å². The molecule has 3 heteroatoms. The molecule has 2 nitrogen and oxygen atoms in total. The second-order valence-electron chi connectivity index (χ2n) is 4.68. The normalized spacial score (nSPS) is 15.6. The van der Waals surface area contributed by atoms with E-state index in [1.54, 1.807) is 0 Å². The Bertz CT molecular complexity index is 363. The highest BCUT2D eigenvalue weighted by molar-refractivity contribution is 9.10. The quantitative estimate of drug-likeness (QED) is 0.813. The fourth-order valence-electron chi connectivity index (χ4n) is 1.94. The summed E-state index contributed by atoms with van der Waals surface area (Å²) in [5.41, 5.74) is 6.85. The SMILES string of the molecule is NCCCCc1ccc(OC2CCC2)c(Br)c1. The summed E-state index contributed by atoms with van der Waals surface area (Å²) in [5.74, 6) is 0.984. The minimum absolute atomic E-state index is 0.439. The Morgan fingerprint density at radius 2 is 2.12 bits per heavy atom. The number of nitrogens with two attached hydrogens (primary N) is 1. The predicted octanol–water partition coefficient (Wildman–Crippen LogP) is 3.66. The third-order valence-electron chi connectivity index (χ3n) is 3.26. The third kappa shape index (κ3) is 3.71. The topological polar surface area (TPSA) is 35.2 Å². The van der Waals surface area contributed by atoms with Crippen LogP contribution in [-0.2, 0) is 6.42 Å². The van der Waals surface area contributed by atoms with Crippen LogP contribution in [-0.4, -0.2) is 12.6 Å². The zero-order valence-corrected chi connectivity index (χ0v) is 11.7. The van der Waals surface area contributed by atoms with Gasteiger partial charge < -0.3 is 10.5 Å². The second kappa shape index (κ2) is 6.41. The molecule has 0 aromatic heterocycles. The minimum atomic E-state index is 0.439. The van der Waals surface area contributed by atoms with Gasteiger partial charge in [0.05, 0.1) is 10.6 Å². The molecule has 1 fully saturated rings. The van der Waals surface area contributed by atoms with E-state index >= 15 is 0 Å². The fraction of sp³-hybridized carbons (Fsp3) is 0.571. The van der Waals surface area contributed by atoms with Crippen LogP contribution in [0.25, 0.3) is 0 Å². The highest BCUT2D eigenvalue weighted by Gasteiger charge is 2.19. The lowest BCUT2D eigenvalue weighted by Gasteiger charge is -2.27. The number of benzene rings is 1. The van der Waals surface area contributed by atoms with Crippen molar-refractivity contribution in [1.29, 1.82) is 0 Å². The van der Waals surface area contributed by atoms with Crippen molar-refractivity contribution in [1.82, 2.24) is 0 Å². The molecule has 0 amide bonds. The van der Waals surface area contributed by atoms with Crippen molar-refractivity contribution in [3.63, 3.8) is 0 Å². The number of ether oxygens (including phenoxy) is 1. The molecule has 1 aromatic carbocycles. The number of hydrogen-bond donors (Lipinski definition) is 1. The van der Waals surface area contributed by atoms with E-state index in [1.807, 2.05) is 0 Å². The number of rotatable bonds is 6. The number of unbranched alkanes of at least 4 members (excludes halogenated alkanes) is 1. The molecule has 1 aromatic rings. The van der Waals surface area contributed by atoms with E-state index < -0.39 is 0 Å². The van der Waals surface area contributed by atoms with Gasteiger partial charge in [0.2, 0.25) is 0 Å². The van der Waals surface area contributed by atoms with E-state index in [-0.39, 0.29) is 0 Å². The molecule has 0 radical (unpaired) electrons. The molecule has 2 N–H and O–H groups in total. The monoisotopic (exact) mass is 297 g/mol. The lowest BCUT2D eigenvalue weighted by molar-refractivity contribution is 0.119. The number of aryl methyl sites for hydroxylation is 1. The number of halogens is 1. The summed E-state index contributed by atoms with van der Waals surface area (Å²) >= 11 is 3.59. The molecule has 94 valence electrons. The van der Waals surface area contributed by atoms with Gasteiger partial charge in [-0.05, 0) is 78.7 Å². The molecular weight excluding hydrogens is 278 g/mol. The summed E-state index contributed by atoms with van der Waals surface area (Å²) in [7, 11) is 0. The van der Waals surface area contributed by atoms with Gasteiger partial charge in [0.15, 0.2) is 0 Å². The summed E-state index contributed by atoms with van der Waals surface area (Å²) in [5, 5.41) is 0. The van der Waals surface area contributed by atoms with Gasteiger partial charge in [0.1, 0.15) is 5.75 Å². The maximum Gasteiger partial charge on any atom is 0.133 e. The van der Waals surface area contributed by atoms with E-state index in [1.165, 1.54) is 24.8 Å². The van der Waals surface area contributed by atoms with Crippen LogP contribution in [0, 0.1) is 0 Å². The highest BCUT2D eigenvalue weighted by Crippen LogP contribution is 2.31. The smallest absolute Gasteiger partial charge is 0.133 e. The summed E-state index contributed by atoms with van der Waals surface area (Å²) < 4.78 is 6.97. The standard InChI is InChI=1S/C14H20BrNO/c15-13-10-11(4-1-2-9-16)7-8-14(13)17-12-5-3-6-12/h7-8,10,12H,1-6,9,16H2. The first-order valence-electron chi connectivity index (χ1n) is 6.45. The van der Waals surface area contributed by atoms with Gasteiger partial charge in [-0.25, -0.2) is 0 Å². The van der Waals surface area contributed by atoms with Crippen molar-refractivity contribution in [2.75, 3.05) is 6.54 Å². The van der Waals surface area contributed by atoms with Crippen LogP contribution in [0.5, 0.6) is 5.75 Å². The zero-order valence-electron chi connectivity index (χ0n) is 10.1. The molecule has 0 unspecified atom stereocenters. The molecule has 17 heavy (non-hydrogen) atoms. The molecule has 0 heterocycles. The van der Waals surface area contributed by atoms with Gasteiger partial charge in [-0.2, -0.15) is 0 Å². The van der Waals surface area contributed by atoms with Crippen molar-refractivity contribution in [3.05, 3.63) is 28.2 Å². The van der Waals surface area contributed by atoms with Crippen molar-refractivity contribution in [2.24, 2.45) is 5.73 Å². The Kier molecular flexibility index (Phi) is 4.86. The van der Waals surface area contributed by atoms with Crippen molar-refractivity contribution in [3.8, 4) is 5.75 Å². The van der Waals surface area contributed by atoms with E-state index in [2.05, 4.69) is 34.1 Å². The first-order valence-corrected chi connectivity index (χ1v) is 7.24. The Morgan fingerprint density at radius 1 is 1.29 bits per heavy atom. The Morgan fingerprint density at radius 3 is 2.71 bits per heavy atom. The average molecular weight is 298 g/mol. The second-order valence-corrected chi connectivity index (χ2v) is 5.54. The maximum atomic E-state index is 5.89. The predicted molar refractivity (Wildman–Crippen MR) is 74.4 cm³/mol. The molecule has 0 bridgehead atoms.